The fourth-order valence-corrected chi connectivity index (χ4v) is 6.02. The summed E-state index contributed by atoms with van der Waals surface area (Å²) in [5.74, 6) is -1.69. The Morgan fingerprint density at radius 2 is 1.62 bits per heavy atom. The summed E-state index contributed by atoms with van der Waals surface area (Å²) in [4.78, 5) is 28.4. The molecule has 2 N–H and O–H groups in total. The molecule has 1 amide bonds. The molecule has 2 saturated carbocycles. The van der Waals surface area contributed by atoms with Crippen molar-refractivity contribution in [1.29, 1.82) is 0 Å². The average Bonchev–Trinajstić information content (AvgIpc) is 3.21. The van der Waals surface area contributed by atoms with Gasteiger partial charge in [-0.1, -0.05) is 12.1 Å². The summed E-state index contributed by atoms with van der Waals surface area (Å²) >= 11 is 7.34. The summed E-state index contributed by atoms with van der Waals surface area (Å²) in [6, 6.07) is 7.49. The quantitative estimate of drug-likeness (QED) is 0.540. The van der Waals surface area contributed by atoms with Gasteiger partial charge in [-0.2, -0.15) is 0 Å². The van der Waals surface area contributed by atoms with Crippen LogP contribution in [0, 0.1) is 11.7 Å². The number of rotatable bonds is 5. The van der Waals surface area contributed by atoms with E-state index < -0.39 is 5.97 Å². The van der Waals surface area contributed by atoms with Crippen molar-refractivity contribution < 1.29 is 24.2 Å². The minimum absolute atomic E-state index is 0.0547. The molecule has 2 aliphatic carbocycles. The first kappa shape index (κ1) is 23.2. The highest BCUT2D eigenvalue weighted by atomic mass is 35.5. The second kappa shape index (κ2) is 9.89. The van der Waals surface area contributed by atoms with Crippen LogP contribution in [0.15, 0.2) is 30.3 Å². The van der Waals surface area contributed by atoms with E-state index in [1.54, 1.807) is 23.1 Å². The van der Waals surface area contributed by atoms with Crippen molar-refractivity contribution in [2.45, 2.75) is 68.9 Å². The van der Waals surface area contributed by atoms with Crippen molar-refractivity contribution in [2.24, 2.45) is 5.92 Å². The van der Waals surface area contributed by atoms with Crippen molar-refractivity contribution >= 4 is 40.5 Å². The van der Waals surface area contributed by atoms with Crippen molar-refractivity contribution in [3.63, 3.8) is 0 Å². The summed E-state index contributed by atoms with van der Waals surface area (Å²) in [6.07, 6.45) is 4.95. The lowest BCUT2D eigenvalue weighted by molar-refractivity contribution is -0.124. The molecule has 0 unspecified atom stereocenters. The van der Waals surface area contributed by atoms with E-state index in [1.807, 2.05) is 0 Å². The van der Waals surface area contributed by atoms with Gasteiger partial charge in [0.1, 0.15) is 10.7 Å². The minimum atomic E-state index is -1.09. The zero-order valence-corrected chi connectivity index (χ0v) is 19.2. The molecule has 2 fully saturated rings. The molecule has 32 heavy (non-hydrogen) atoms. The highest BCUT2D eigenvalue weighted by Gasteiger charge is 2.37. The first-order valence-electron chi connectivity index (χ1n) is 11.1. The summed E-state index contributed by atoms with van der Waals surface area (Å²) in [7, 11) is 0. The van der Waals surface area contributed by atoms with Crippen LogP contribution in [0.5, 0.6) is 0 Å². The van der Waals surface area contributed by atoms with E-state index in [0.29, 0.717) is 54.7 Å². The number of aromatic carboxylic acids is 1. The van der Waals surface area contributed by atoms with Crippen LogP contribution in [0.3, 0.4) is 0 Å². The Morgan fingerprint density at radius 3 is 2.22 bits per heavy atom. The number of alkyl halides is 1. The highest BCUT2D eigenvalue weighted by molar-refractivity contribution is 7.18. The number of anilines is 1. The van der Waals surface area contributed by atoms with Gasteiger partial charge in [0, 0.05) is 22.2 Å². The van der Waals surface area contributed by atoms with Crippen molar-refractivity contribution in [2.75, 3.05) is 4.90 Å². The number of amides is 1. The van der Waals surface area contributed by atoms with Crippen LogP contribution < -0.4 is 4.90 Å². The topological polar surface area (TPSA) is 77.8 Å². The van der Waals surface area contributed by atoms with Gasteiger partial charge in [-0.15, -0.1) is 22.9 Å². The molecule has 1 heterocycles. The molecule has 0 saturated heterocycles. The van der Waals surface area contributed by atoms with Crippen molar-refractivity contribution in [1.82, 2.24) is 0 Å². The molecule has 1 aromatic carbocycles. The third-order valence-electron chi connectivity index (χ3n) is 6.57. The zero-order valence-electron chi connectivity index (χ0n) is 17.7. The first-order chi connectivity index (χ1) is 15.3. The zero-order chi connectivity index (χ0) is 22.8. The van der Waals surface area contributed by atoms with Crippen LogP contribution in [-0.2, 0) is 4.79 Å². The molecule has 0 radical (unpaired) electrons. The largest absolute Gasteiger partial charge is 0.477 e. The number of benzene rings is 1. The fourth-order valence-electron chi connectivity index (χ4n) is 4.78. The number of carboxylic acids is 1. The van der Waals surface area contributed by atoms with Gasteiger partial charge < -0.3 is 15.1 Å². The Labute approximate surface area is 195 Å². The van der Waals surface area contributed by atoms with Gasteiger partial charge in [0.2, 0.25) is 5.91 Å². The molecule has 0 bridgehead atoms. The lowest BCUT2D eigenvalue weighted by atomic mass is 9.85. The number of carbonyl (C=O) groups excluding carboxylic acids is 1. The Morgan fingerprint density at radius 1 is 1.00 bits per heavy atom. The number of carbonyl (C=O) groups is 2. The molecule has 2 aromatic rings. The molecule has 0 atom stereocenters. The van der Waals surface area contributed by atoms with Crippen LogP contribution in [-0.4, -0.2) is 39.6 Å². The van der Waals surface area contributed by atoms with E-state index in [-0.39, 0.29) is 40.0 Å². The Bertz CT molecular complexity index is 963. The lowest BCUT2D eigenvalue weighted by Crippen LogP contribution is -2.47. The predicted molar refractivity (Wildman–Crippen MR) is 124 cm³/mol. The standard InChI is InChI=1S/C24H27ClFNO4S/c25-16-5-1-15(2-6-16)23(29)27(18-9-11-19(28)12-10-18)20-13-21(32-22(20)24(30)31)14-3-7-17(26)8-4-14/h3-4,7-8,13,15-16,18-19,28H,1-2,5-6,9-12H2,(H,30,31). The van der Waals surface area contributed by atoms with Crippen LogP contribution in [0.2, 0.25) is 0 Å². The normalized spacial score (nSPS) is 26.0. The predicted octanol–water partition coefficient (Wildman–Crippen LogP) is 5.69. The summed E-state index contributed by atoms with van der Waals surface area (Å²) in [5.41, 5.74) is 1.11. The molecule has 8 heteroatoms. The minimum Gasteiger partial charge on any atom is -0.477 e. The maximum Gasteiger partial charge on any atom is 0.348 e. The van der Waals surface area contributed by atoms with Gasteiger partial charge in [-0.3, -0.25) is 4.79 Å². The average molecular weight is 480 g/mol. The number of halogens is 2. The Hall–Kier alpha value is -1.96. The number of thiophene rings is 1. The molecular weight excluding hydrogens is 453 g/mol. The van der Waals surface area contributed by atoms with E-state index in [4.69, 9.17) is 11.6 Å². The molecule has 2 aliphatic rings. The summed E-state index contributed by atoms with van der Waals surface area (Å²) < 4.78 is 13.4. The van der Waals surface area contributed by atoms with Gasteiger partial charge in [0.05, 0.1) is 11.8 Å². The maximum atomic E-state index is 13.7. The van der Waals surface area contributed by atoms with Crippen molar-refractivity contribution in [3.8, 4) is 10.4 Å². The van der Waals surface area contributed by atoms with Crippen LogP contribution in [0.1, 0.15) is 61.0 Å². The van der Waals surface area contributed by atoms with Gasteiger partial charge >= 0.3 is 5.97 Å². The van der Waals surface area contributed by atoms with Gasteiger partial charge in [0.15, 0.2) is 0 Å². The Kier molecular flexibility index (Phi) is 7.17. The third-order valence-corrected chi connectivity index (χ3v) is 8.17. The second-order valence-electron chi connectivity index (χ2n) is 8.76. The molecule has 0 spiro atoms. The van der Waals surface area contributed by atoms with E-state index in [1.165, 1.54) is 12.1 Å². The number of aliphatic hydroxyl groups is 1. The lowest BCUT2D eigenvalue weighted by Gasteiger charge is -2.38. The number of hydrogen-bond donors (Lipinski definition) is 2. The monoisotopic (exact) mass is 479 g/mol. The summed E-state index contributed by atoms with van der Waals surface area (Å²) in [6.45, 7) is 0. The van der Waals surface area contributed by atoms with E-state index >= 15 is 0 Å². The van der Waals surface area contributed by atoms with E-state index in [9.17, 15) is 24.2 Å². The van der Waals surface area contributed by atoms with E-state index in [2.05, 4.69) is 0 Å². The van der Waals surface area contributed by atoms with Crippen LogP contribution in [0.25, 0.3) is 10.4 Å². The molecule has 0 aliphatic heterocycles. The maximum absolute atomic E-state index is 13.7. The third kappa shape index (κ3) is 5.00. The van der Waals surface area contributed by atoms with Gasteiger partial charge in [-0.05, 0) is 75.1 Å². The SMILES string of the molecule is O=C(O)c1sc(-c2ccc(F)cc2)cc1N(C(=O)C1CCC(Cl)CC1)C1CCC(O)CC1. The van der Waals surface area contributed by atoms with Crippen LogP contribution >= 0.6 is 22.9 Å². The molecule has 5 nitrogen and oxygen atoms in total. The fraction of sp³-hybridized carbons (Fsp3) is 0.500. The molecule has 1 aromatic heterocycles. The molecular formula is C24H27ClFNO4S. The van der Waals surface area contributed by atoms with Gasteiger partial charge in [-0.25, -0.2) is 9.18 Å². The number of aliphatic hydroxyl groups excluding tert-OH is 1. The van der Waals surface area contributed by atoms with Crippen molar-refractivity contribution in [3.05, 3.63) is 41.0 Å². The number of carboxylic acid groups (broad SMARTS) is 1. The number of nitrogens with zero attached hydrogens (tertiary/aromatic N) is 1. The second-order valence-corrected chi connectivity index (χ2v) is 10.4. The Balaban J connectivity index is 1.73. The molecule has 4 rings (SSSR count). The number of hydrogen-bond acceptors (Lipinski definition) is 4. The van der Waals surface area contributed by atoms with E-state index in [0.717, 1.165) is 24.2 Å². The molecule has 172 valence electrons. The first-order valence-corrected chi connectivity index (χ1v) is 12.4. The summed E-state index contributed by atoms with van der Waals surface area (Å²) in [5, 5.41) is 20.0. The van der Waals surface area contributed by atoms with Crippen LogP contribution in [0.4, 0.5) is 10.1 Å². The smallest absolute Gasteiger partial charge is 0.348 e. The highest BCUT2D eigenvalue weighted by Crippen LogP contribution is 2.41. The van der Waals surface area contributed by atoms with Gasteiger partial charge in [0.25, 0.3) is 0 Å².